The topological polar surface area (TPSA) is 69.6 Å². The van der Waals surface area contributed by atoms with Gasteiger partial charge in [0.25, 0.3) is 0 Å². The van der Waals surface area contributed by atoms with Gasteiger partial charge in [0, 0.05) is 36.6 Å². The van der Waals surface area contributed by atoms with Crippen molar-refractivity contribution in [2.24, 2.45) is 5.92 Å². The third-order valence-electron chi connectivity index (χ3n) is 3.47. The molecule has 3 unspecified atom stereocenters. The van der Waals surface area contributed by atoms with Gasteiger partial charge in [-0.2, -0.15) is 11.8 Å². The second-order valence-electron chi connectivity index (χ2n) is 5.72. The lowest BCUT2D eigenvalue weighted by Gasteiger charge is -2.34. The summed E-state index contributed by atoms with van der Waals surface area (Å²) >= 11 is 1.92. The van der Waals surface area contributed by atoms with Crippen LogP contribution in [0.15, 0.2) is 0 Å². The minimum atomic E-state index is -0.755. The Bertz CT molecular complexity index is 328. The third kappa shape index (κ3) is 6.50. The summed E-state index contributed by atoms with van der Waals surface area (Å²) in [6, 6.07) is 0.00874. The fourth-order valence-electron chi connectivity index (χ4n) is 2.40. The Morgan fingerprint density at radius 3 is 2.45 bits per heavy atom. The molecule has 0 aromatic carbocycles. The Morgan fingerprint density at radius 2 is 1.90 bits per heavy atom. The number of hydrogen-bond donors (Lipinski definition) is 2. The van der Waals surface area contributed by atoms with Gasteiger partial charge < -0.3 is 15.3 Å². The molecule has 2 amide bonds. The predicted molar refractivity (Wildman–Crippen MR) is 82.1 cm³/mol. The molecule has 0 radical (unpaired) electrons. The number of hydrogen-bond acceptors (Lipinski definition) is 3. The molecule has 0 aliphatic carbocycles. The zero-order chi connectivity index (χ0) is 15.1. The number of carbonyl (C=O) groups is 2. The highest BCUT2D eigenvalue weighted by atomic mass is 32.2. The van der Waals surface area contributed by atoms with Crippen LogP contribution in [0.25, 0.3) is 0 Å². The summed E-state index contributed by atoms with van der Waals surface area (Å²) in [7, 11) is 0. The predicted octanol–water partition coefficient (Wildman–Crippen LogP) is 2.41. The lowest BCUT2D eigenvalue weighted by Crippen LogP contribution is -2.48. The second-order valence-corrected chi connectivity index (χ2v) is 7.60. The smallest absolute Gasteiger partial charge is 0.317 e. The number of rotatable bonds is 6. The largest absolute Gasteiger partial charge is 0.481 e. The molecule has 1 aliphatic heterocycles. The molecule has 116 valence electrons. The molecule has 1 fully saturated rings. The third-order valence-corrected chi connectivity index (χ3v) is 4.70. The van der Waals surface area contributed by atoms with Gasteiger partial charge in [0.2, 0.25) is 0 Å². The number of nitrogens with one attached hydrogen (secondary N) is 1. The lowest BCUT2D eigenvalue weighted by molar-refractivity contribution is -0.137. The molecule has 1 aliphatic rings. The molecule has 1 heterocycles. The van der Waals surface area contributed by atoms with E-state index in [1.54, 1.807) is 0 Å². The van der Waals surface area contributed by atoms with Crippen molar-refractivity contribution >= 4 is 23.8 Å². The summed E-state index contributed by atoms with van der Waals surface area (Å²) in [5, 5.41) is 12.5. The van der Waals surface area contributed by atoms with Gasteiger partial charge in [-0.25, -0.2) is 4.79 Å². The summed E-state index contributed by atoms with van der Waals surface area (Å²) < 4.78 is 0. The van der Waals surface area contributed by atoms with Crippen molar-refractivity contribution in [2.75, 3.05) is 19.6 Å². The maximum Gasteiger partial charge on any atom is 0.317 e. The van der Waals surface area contributed by atoms with Crippen LogP contribution in [0.2, 0.25) is 0 Å². The summed E-state index contributed by atoms with van der Waals surface area (Å²) in [6.45, 7) is 8.54. The first kappa shape index (κ1) is 17.1. The van der Waals surface area contributed by atoms with E-state index in [0.717, 1.165) is 19.5 Å². The Balaban J connectivity index is 2.20. The average Bonchev–Trinajstić information content (AvgIpc) is 2.35. The van der Waals surface area contributed by atoms with Crippen LogP contribution in [0, 0.1) is 5.92 Å². The average molecular weight is 302 g/mol. The van der Waals surface area contributed by atoms with Gasteiger partial charge in [0.15, 0.2) is 0 Å². The zero-order valence-electron chi connectivity index (χ0n) is 12.6. The van der Waals surface area contributed by atoms with Gasteiger partial charge in [0.1, 0.15) is 0 Å². The molecule has 0 aromatic rings. The van der Waals surface area contributed by atoms with E-state index in [9.17, 15) is 9.59 Å². The number of carboxylic acids is 1. The number of urea groups is 1. The zero-order valence-corrected chi connectivity index (χ0v) is 13.4. The van der Waals surface area contributed by atoms with Crippen LogP contribution < -0.4 is 5.32 Å². The highest BCUT2D eigenvalue weighted by molar-refractivity contribution is 8.00. The molecule has 0 saturated carbocycles. The van der Waals surface area contributed by atoms with E-state index in [4.69, 9.17) is 5.11 Å². The SMILES string of the molecule is CC(CCNC(=O)N1CC(C)SC(C)C1)CCC(=O)O. The van der Waals surface area contributed by atoms with Gasteiger partial charge in [0.05, 0.1) is 0 Å². The van der Waals surface area contributed by atoms with Crippen LogP contribution in [0.5, 0.6) is 0 Å². The summed E-state index contributed by atoms with van der Waals surface area (Å²) in [6.07, 6.45) is 1.69. The van der Waals surface area contributed by atoms with Crippen LogP contribution in [0.3, 0.4) is 0 Å². The van der Waals surface area contributed by atoms with Gasteiger partial charge in [-0.3, -0.25) is 4.79 Å². The minimum absolute atomic E-state index is 0.00874. The first-order valence-electron chi connectivity index (χ1n) is 7.28. The maximum atomic E-state index is 12.0. The van der Waals surface area contributed by atoms with E-state index < -0.39 is 5.97 Å². The molecule has 2 N–H and O–H groups in total. The van der Waals surface area contributed by atoms with Crippen molar-refractivity contribution in [3.63, 3.8) is 0 Å². The highest BCUT2D eigenvalue weighted by Crippen LogP contribution is 2.24. The van der Waals surface area contributed by atoms with E-state index >= 15 is 0 Å². The van der Waals surface area contributed by atoms with Gasteiger partial charge >= 0.3 is 12.0 Å². The second kappa shape index (κ2) is 8.39. The molecular formula is C14H26N2O3S. The van der Waals surface area contributed by atoms with Gasteiger partial charge in [-0.15, -0.1) is 0 Å². The van der Waals surface area contributed by atoms with Gasteiger partial charge in [-0.05, 0) is 18.8 Å². The number of aliphatic carboxylic acids is 1. The molecular weight excluding hydrogens is 276 g/mol. The summed E-state index contributed by atoms with van der Waals surface area (Å²) in [5.41, 5.74) is 0. The quantitative estimate of drug-likeness (QED) is 0.790. The Kier molecular flexibility index (Phi) is 7.19. The van der Waals surface area contributed by atoms with Crippen molar-refractivity contribution in [1.29, 1.82) is 0 Å². The Morgan fingerprint density at radius 1 is 1.30 bits per heavy atom. The molecule has 1 rings (SSSR count). The molecule has 3 atom stereocenters. The highest BCUT2D eigenvalue weighted by Gasteiger charge is 2.25. The monoisotopic (exact) mass is 302 g/mol. The summed E-state index contributed by atoms with van der Waals surface area (Å²) in [4.78, 5) is 24.4. The number of thioether (sulfide) groups is 1. The lowest BCUT2D eigenvalue weighted by atomic mass is 10.0. The molecule has 1 saturated heterocycles. The van der Waals surface area contributed by atoms with E-state index in [1.807, 2.05) is 23.6 Å². The van der Waals surface area contributed by atoms with Crippen molar-refractivity contribution in [2.45, 2.75) is 50.5 Å². The molecule has 6 heteroatoms. The number of carbonyl (C=O) groups excluding carboxylic acids is 1. The fourth-order valence-corrected chi connectivity index (χ4v) is 3.72. The standard InChI is InChI=1S/C14H26N2O3S/c1-10(4-5-13(17)18)6-7-15-14(19)16-8-11(2)20-12(3)9-16/h10-12H,4-9H2,1-3H3,(H,15,19)(H,17,18). The first-order chi connectivity index (χ1) is 9.38. The Hall–Kier alpha value is -0.910. The molecule has 0 spiro atoms. The first-order valence-corrected chi connectivity index (χ1v) is 8.22. The van der Waals surface area contributed by atoms with E-state index in [0.29, 0.717) is 29.4 Å². The van der Waals surface area contributed by atoms with Crippen LogP contribution in [-0.2, 0) is 4.79 Å². The van der Waals surface area contributed by atoms with Crippen molar-refractivity contribution < 1.29 is 14.7 Å². The van der Waals surface area contributed by atoms with Crippen molar-refractivity contribution in [1.82, 2.24) is 10.2 Å². The van der Waals surface area contributed by atoms with Crippen molar-refractivity contribution in [3.05, 3.63) is 0 Å². The van der Waals surface area contributed by atoms with Crippen LogP contribution in [-0.4, -0.2) is 52.1 Å². The Labute approximate surface area is 125 Å². The molecule has 0 bridgehead atoms. The number of nitrogens with zero attached hydrogens (tertiary/aromatic N) is 1. The van der Waals surface area contributed by atoms with E-state index in [2.05, 4.69) is 19.2 Å². The van der Waals surface area contributed by atoms with Crippen molar-refractivity contribution in [3.8, 4) is 0 Å². The molecule has 5 nitrogen and oxygen atoms in total. The fraction of sp³-hybridized carbons (Fsp3) is 0.857. The van der Waals surface area contributed by atoms with E-state index in [-0.39, 0.29) is 12.5 Å². The normalized spacial score (nSPS) is 24.2. The van der Waals surface area contributed by atoms with Crippen LogP contribution in [0.4, 0.5) is 4.79 Å². The van der Waals surface area contributed by atoms with Crippen LogP contribution in [0.1, 0.15) is 40.0 Å². The maximum absolute atomic E-state index is 12.0. The number of carboxylic acid groups (broad SMARTS) is 1. The molecule has 20 heavy (non-hydrogen) atoms. The minimum Gasteiger partial charge on any atom is -0.481 e. The number of amides is 2. The summed E-state index contributed by atoms with van der Waals surface area (Å²) in [5.74, 6) is -0.434. The molecule has 0 aromatic heterocycles. The van der Waals surface area contributed by atoms with Gasteiger partial charge in [-0.1, -0.05) is 20.8 Å². The van der Waals surface area contributed by atoms with Crippen LogP contribution >= 0.6 is 11.8 Å². The van der Waals surface area contributed by atoms with E-state index in [1.165, 1.54) is 0 Å².